The second-order valence-corrected chi connectivity index (χ2v) is 3.77. The number of nitrogens with two attached hydrogens (primary N) is 1. The maximum absolute atomic E-state index is 12.7. The van der Waals surface area contributed by atoms with Gasteiger partial charge in [0.05, 0.1) is 0 Å². The summed E-state index contributed by atoms with van der Waals surface area (Å²) in [5.74, 6) is -0.191. The maximum Gasteiger partial charge on any atom is 0.123 e. The average molecular weight is 181 g/mol. The van der Waals surface area contributed by atoms with Gasteiger partial charge in [-0.15, -0.1) is 11.3 Å². The monoisotopic (exact) mass is 181 g/mol. The molecule has 0 bridgehead atoms. The lowest BCUT2D eigenvalue weighted by Crippen LogP contribution is -1.90. The van der Waals surface area contributed by atoms with Crippen molar-refractivity contribution in [2.24, 2.45) is 5.73 Å². The van der Waals surface area contributed by atoms with Crippen LogP contribution in [0.4, 0.5) is 4.39 Å². The SMILES string of the molecule is NCc1cc2cc(F)ccc2s1. The molecule has 1 aromatic heterocycles. The first-order chi connectivity index (χ1) is 5.79. The minimum atomic E-state index is -0.191. The van der Waals surface area contributed by atoms with Crippen LogP contribution in [0.3, 0.4) is 0 Å². The van der Waals surface area contributed by atoms with E-state index in [0.717, 1.165) is 15.0 Å². The third-order valence-corrected chi connectivity index (χ3v) is 2.87. The van der Waals surface area contributed by atoms with Gasteiger partial charge in [-0.05, 0) is 29.7 Å². The first-order valence-corrected chi connectivity index (χ1v) is 4.49. The summed E-state index contributed by atoms with van der Waals surface area (Å²) in [4.78, 5) is 1.09. The van der Waals surface area contributed by atoms with Gasteiger partial charge >= 0.3 is 0 Å². The molecular formula is C9H8FNS. The third-order valence-electron chi connectivity index (χ3n) is 1.73. The topological polar surface area (TPSA) is 26.0 Å². The van der Waals surface area contributed by atoms with Crippen molar-refractivity contribution in [3.8, 4) is 0 Å². The minimum absolute atomic E-state index is 0.191. The molecule has 0 radical (unpaired) electrons. The fourth-order valence-electron chi connectivity index (χ4n) is 1.17. The van der Waals surface area contributed by atoms with E-state index in [-0.39, 0.29) is 5.82 Å². The molecule has 3 heteroatoms. The molecular weight excluding hydrogens is 173 g/mol. The first-order valence-electron chi connectivity index (χ1n) is 3.67. The fraction of sp³-hybridized carbons (Fsp3) is 0.111. The number of thiophene rings is 1. The molecule has 2 N–H and O–H groups in total. The summed E-state index contributed by atoms with van der Waals surface area (Å²) < 4.78 is 13.8. The van der Waals surface area contributed by atoms with Crippen molar-refractivity contribution < 1.29 is 4.39 Å². The molecule has 0 aliphatic heterocycles. The van der Waals surface area contributed by atoms with E-state index >= 15 is 0 Å². The average Bonchev–Trinajstić information content (AvgIpc) is 2.46. The third kappa shape index (κ3) is 1.21. The summed E-state index contributed by atoms with van der Waals surface area (Å²) in [6.45, 7) is 0.529. The van der Waals surface area contributed by atoms with Crippen molar-refractivity contribution in [3.05, 3.63) is 35.0 Å². The molecule has 0 amide bonds. The highest BCUT2D eigenvalue weighted by atomic mass is 32.1. The van der Waals surface area contributed by atoms with Crippen LogP contribution in [0.1, 0.15) is 4.88 Å². The quantitative estimate of drug-likeness (QED) is 0.718. The summed E-state index contributed by atoms with van der Waals surface area (Å²) in [5, 5.41) is 0.945. The van der Waals surface area contributed by atoms with Crippen molar-refractivity contribution in [2.45, 2.75) is 6.54 Å². The predicted octanol–water partition coefficient (Wildman–Crippen LogP) is 2.50. The molecule has 0 aliphatic rings. The van der Waals surface area contributed by atoms with E-state index in [1.807, 2.05) is 6.07 Å². The largest absolute Gasteiger partial charge is 0.326 e. The lowest BCUT2D eigenvalue weighted by atomic mass is 10.2. The Balaban J connectivity index is 2.67. The molecule has 1 nitrogen and oxygen atoms in total. The Kier molecular flexibility index (Phi) is 1.83. The van der Waals surface area contributed by atoms with E-state index in [0.29, 0.717) is 6.54 Å². The lowest BCUT2D eigenvalue weighted by molar-refractivity contribution is 0.630. The fourth-order valence-corrected chi connectivity index (χ4v) is 2.09. The highest BCUT2D eigenvalue weighted by Gasteiger charge is 2.00. The van der Waals surface area contributed by atoms with Crippen LogP contribution < -0.4 is 5.73 Å². The first kappa shape index (κ1) is 7.71. The molecule has 0 fully saturated rings. The van der Waals surface area contributed by atoms with E-state index in [2.05, 4.69) is 0 Å². The molecule has 0 unspecified atom stereocenters. The summed E-state index contributed by atoms with van der Waals surface area (Å²) in [7, 11) is 0. The van der Waals surface area contributed by atoms with E-state index in [1.165, 1.54) is 12.1 Å². The molecule has 1 heterocycles. The highest BCUT2D eigenvalue weighted by Crippen LogP contribution is 2.25. The van der Waals surface area contributed by atoms with Gasteiger partial charge < -0.3 is 5.73 Å². The van der Waals surface area contributed by atoms with Crippen molar-refractivity contribution in [2.75, 3.05) is 0 Å². The number of rotatable bonds is 1. The molecule has 0 spiro atoms. The van der Waals surface area contributed by atoms with Gasteiger partial charge in [-0.2, -0.15) is 0 Å². The number of fused-ring (bicyclic) bond motifs is 1. The van der Waals surface area contributed by atoms with Crippen LogP contribution in [-0.2, 0) is 6.54 Å². The van der Waals surface area contributed by atoms with E-state index in [4.69, 9.17) is 5.73 Å². The maximum atomic E-state index is 12.7. The minimum Gasteiger partial charge on any atom is -0.326 e. The molecule has 1 aromatic carbocycles. The van der Waals surface area contributed by atoms with Crippen LogP contribution in [-0.4, -0.2) is 0 Å². The van der Waals surface area contributed by atoms with E-state index < -0.39 is 0 Å². The summed E-state index contributed by atoms with van der Waals surface area (Å²) in [6, 6.07) is 6.72. The van der Waals surface area contributed by atoms with Gasteiger partial charge in [-0.1, -0.05) is 0 Å². The molecule has 0 saturated carbocycles. The van der Waals surface area contributed by atoms with E-state index in [1.54, 1.807) is 17.4 Å². The summed E-state index contributed by atoms with van der Waals surface area (Å²) >= 11 is 1.61. The number of hydrogen-bond donors (Lipinski definition) is 1. The standard InChI is InChI=1S/C9H8FNS/c10-7-1-2-9-6(3-7)4-8(5-11)12-9/h1-4H,5,11H2. The Bertz CT molecular complexity index is 408. The Hall–Kier alpha value is -0.930. The van der Waals surface area contributed by atoms with E-state index in [9.17, 15) is 4.39 Å². The Morgan fingerprint density at radius 1 is 1.33 bits per heavy atom. The molecule has 0 atom stereocenters. The van der Waals surface area contributed by atoms with Crippen molar-refractivity contribution in [1.82, 2.24) is 0 Å². The second kappa shape index (κ2) is 2.84. The highest BCUT2D eigenvalue weighted by molar-refractivity contribution is 7.19. The van der Waals surface area contributed by atoms with Gasteiger partial charge in [0.2, 0.25) is 0 Å². The van der Waals surface area contributed by atoms with Crippen molar-refractivity contribution in [1.29, 1.82) is 0 Å². The number of halogens is 1. The smallest absolute Gasteiger partial charge is 0.123 e. The van der Waals surface area contributed by atoms with Crippen LogP contribution in [0.25, 0.3) is 10.1 Å². The van der Waals surface area contributed by atoms with Crippen molar-refractivity contribution >= 4 is 21.4 Å². The van der Waals surface area contributed by atoms with Gasteiger partial charge in [-0.25, -0.2) is 4.39 Å². The van der Waals surface area contributed by atoms with Crippen LogP contribution >= 0.6 is 11.3 Å². The van der Waals surface area contributed by atoms with Crippen LogP contribution in [0, 0.1) is 5.82 Å². The Morgan fingerprint density at radius 2 is 2.17 bits per heavy atom. The van der Waals surface area contributed by atoms with Gasteiger partial charge in [0.15, 0.2) is 0 Å². The summed E-state index contributed by atoms with van der Waals surface area (Å²) in [5.41, 5.74) is 5.47. The number of hydrogen-bond acceptors (Lipinski definition) is 2. The molecule has 0 aliphatic carbocycles. The zero-order valence-corrected chi connectivity index (χ0v) is 7.20. The molecule has 62 valence electrons. The zero-order chi connectivity index (χ0) is 8.55. The lowest BCUT2D eigenvalue weighted by Gasteiger charge is -1.86. The number of benzene rings is 1. The molecule has 2 rings (SSSR count). The van der Waals surface area contributed by atoms with Gasteiger partial charge in [0.1, 0.15) is 5.82 Å². The van der Waals surface area contributed by atoms with Crippen molar-refractivity contribution in [3.63, 3.8) is 0 Å². The second-order valence-electron chi connectivity index (χ2n) is 2.60. The normalized spacial score (nSPS) is 10.8. The van der Waals surface area contributed by atoms with Gasteiger partial charge in [0, 0.05) is 16.1 Å². The molecule has 12 heavy (non-hydrogen) atoms. The zero-order valence-electron chi connectivity index (χ0n) is 6.38. The van der Waals surface area contributed by atoms with Gasteiger partial charge in [-0.3, -0.25) is 0 Å². The predicted molar refractivity (Wildman–Crippen MR) is 49.7 cm³/mol. The Morgan fingerprint density at radius 3 is 2.92 bits per heavy atom. The summed E-state index contributed by atoms with van der Waals surface area (Å²) in [6.07, 6.45) is 0. The molecule has 2 aromatic rings. The molecule has 0 saturated heterocycles. The van der Waals surface area contributed by atoms with Crippen LogP contribution in [0.2, 0.25) is 0 Å². The van der Waals surface area contributed by atoms with Crippen LogP contribution in [0.5, 0.6) is 0 Å². The van der Waals surface area contributed by atoms with Gasteiger partial charge in [0.25, 0.3) is 0 Å². The van der Waals surface area contributed by atoms with Crippen LogP contribution in [0.15, 0.2) is 24.3 Å². The Labute approximate surface area is 73.6 Å².